The second kappa shape index (κ2) is 11.0. The Hall–Kier alpha value is -1.52. The summed E-state index contributed by atoms with van der Waals surface area (Å²) in [4.78, 5) is 25.3. The number of hydrogen-bond donors (Lipinski definition) is 2. The lowest BCUT2D eigenvalue weighted by Crippen LogP contribution is -2.54. The Morgan fingerprint density at radius 1 is 0.609 bits per heavy atom. The second-order valence-corrected chi connectivity index (χ2v) is 18.8. The van der Waals surface area contributed by atoms with Crippen molar-refractivity contribution in [1.29, 1.82) is 0 Å². The first-order valence-corrected chi connectivity index (χ1v) is 19.4. The molecule has 0 aromatic rings. The van der Waals surface area contributed by atoms with E-state index in [1.54, 1.807) is 0 Å². The Morgan fingerprint density at radius 3 is 1.43 bits per heavy atom. The molecule has 0 aliphatic heterocycles. The van der Waals surface area contributed by atoms with Crippen molar-refractivity contribution in [2.45, 2.75) is 143 Å². The molecule has 0 radical (unpaired) electrons. The molecule has 6 saturated carbocycles. The quantitative estimate of drug-likeness (QED) is 0.306. The smallest absolute Gasteiger partial charge is 0.155 e. The molecular weight excluding hydrogens is 568 g/mol. The first-order valence-electron chi connectivity index (χ1n) is 19.4. The highest BCUT2D eigenvalue weighted by Crippen LogP contribution is 2.68. The highest BCUT2D eigenvalue weighted by molar-refractivity contribution is 5.92. The van der Waals surface area contributed by atoms with Crippen molar-refractivity contribution >= 4 is 11.6 Å². The van der Waals surface area contributed by atoms with Gasteiger partial charge in [-0.15, -0.1) is 0 Å². The fourth-order valence-corrected chi connectivity index (χ4v) is 14.4. The average Bonchev–Trinajstić information content (AvgIpc) is 3.50. The van der Waals surface area contributed by atoms with Gasteiger partial charge in [0.1, 0.15) is 0 Å². The van der Waals surface area contributed by atoms with Crippen LogP contribution in [0.25, 0.3) is 0 Å². The van der Waals surface area contributed by atoms with Gasteiger partial charge in [-0.3, -0.25) is 9.59 Å². The standard InChI is InChI=1S/C42H60O4/c1-39-17-13-29(43)23-27(39)21-25(37-31-9-11-35(45)41(31,3)19-15-33(37)39)7-5-6-8-26-22-28-24-30(44)14-18-40(28,2)34-16-20-42(4)32(38(26)34)10-12-36(42)46/h5-6,23-26,31-38,45-46H,7-22H2,1-4H3/b6-5+/t25-,26-,31+,32+,33+,34+,35+,36+,37+,38+,39+,40+,41+,42+/m1/s1. The van der Waals surface area contributed by atoms with Gasteiger partial charge in [-0.25, -0.2) is 0 Å². The monoisotopic (exact) mass is 628 g/mol. The molecule has 0 spiro atoms. The molecule has 0 aromatic carbocycles. The maximum absolute atomic E-state index is 12.7. The van der Waals surface area contributed by atoms with E-state index >= 15 is 0 Å². The Bertz CT molecular complexity index is 1270. The van der Waals surface area contributed by atoms with Crippen LogP contribution in [0.5, 0.6) is 0 Å². The molecule has 252 valence electrons. The molecule has 8 rings (SSSR count). The third-order valence-electron chi connectivity index (χ3n) is 17.2. The highest BCUT2D eigenvalue weighted by Gasteiger charge is 2.62. The molecule has 6 fully saturated rings. The molecule has 0 heterocycles. The fourth-order valence-electron chi connectivity index (χ4n) is 14.4. The van der Waals surface area contributed by atoms with Crippen molar-refractivity contribution in [2.75, 3.05) is 0 Å². The van der Waals surface area contributed by atoms with E-state index in [4.69, 9.17) is 0 Å². The van der Waals surface area contributed by atoms with Gasteiger partial charge >= 0.3 is 0 Å². The molecule has 0 aromatic heterocycles. The lowest BCUT2D eigenvalue weighted by molar-refractivity contribution is -0.120. The van der Waals surface area contributed by atoms with Gasteiger partial charge in [0.25, 0.3) is 0 Å². The van der Waals surface area contributed by atoms with Crippen LogP contribution in [0.4, 0.5) is 0 Å². The lowest BCUT2D eigenvalue weighted by Gasteiger charge is -2.60. The summed E-state index contributed by atoms with van der Waals surface area (Å²) in [7, 11) is 0. The zero-order chi connectivity index (χ0) is 32.2. The van der Waals surface area contributed by atoms with Crippen LogP contribution in [0, 0.1) is 69.0 Å². The molecule has 14 atom stereocenters. The Kier molecular flexibility index (Phi) is 7.58. The molecular formula is C42H60O4. The number of aliphatic hydroxyl groups excluding tert-OH is 2. The maximum Gasteiger partial charge on any atom is 0.155 e. The van der Waals surface area contributed by atoms with Crippen molar-refractivity contribution < 1.29 is 19.8 Å². The van der Waals surface area contributed by atoms with Crippen molar-refractivity contribution in [3.05, 3.63) is 35.5 Å². The molecule has 0 bridgehead atoms. The van der Waals surface area contributed by atoms with Gasteiger partial charge in [-0.05, 0) is 171 Å². The van der Waals surface area contributed by atoms with E-state index in [1.807, 2.05) is 12.2 Å². The zero-order valence-electron chi connectivity index (χ0n) is 29.1. The van der Waals surface area contributed by atoms with Gasteiger partial charge in [-0.2, -0.15) is 0 Å². The number of rotatable bonds is 4. The first kappa shape index (κ1) is 31.7. The van der Waals surface area contributed by atoms with E-state index in [1.165, 1.54) is 24.0 Å². The summed E-state index contributed by atoms with van der Waals surface area (Å²) in [6.07, 6.45) is 25.1. The van der Waals surface area contributed by atoms with Gasteiger partial charge in [0.05, 0.1) is 12.2 Å². The topological polar surface area (TPSA) is 74.6 Å². The van der Waals surface area contributed by atoms with Crippen LogP contribution in [0.1, 0.15) is 130 Å². The van der Waals surface area contributed by atoms with Crippen LogP contribution in [0.15, 0.2) is 35.5 Å². The number of carbonyl (C=O) groups excluding carboxylic acids is 2. The number of carbonyl (C=O) groups is 2. The van der Waals surface area contributed by atoms with Gasteiger partial charge in [0, 0.05) is 12.8 Å². The van der Waals surface area contributed by atoms with E-state index in [9.17, 15) is 19.8 Å². The molecule has 0 amide bonds. The molecule has 2 N–H and O–H groups in total. The molecule has 4 heteroatoms. The number of hydrogen-bond acceptors (Lipinski definition) is 4. The maximum atomic E-state index is 12.7. The largest absolute Gasteiger partial charge is 0.393 e. The number of aliphatic hydroxyl groups is 2. The summed E-state index contributed by atoms with van der Waals surface area (Å²) in [5.74, 6) is 5.34. The predicted molar refractivity (Wildman–Crippen MR) is 182 cm³/mol. The molecule has 46 heavy (non-hydrogen) atoms. The minimum atomic E-state index is -0.173. The van der Waals surface area contributed by atoms with Gasteiger partial charge in [0.2, 0.25) is 0 Å². The zero-order valence-corrected chi connectivity index (χ0v) is 29.1. The van der Waals surface area contributed by atoms with Gasteiger partial charge in [0.15, 0.2) is 11.6 Å². The predicted octanol–water partition coefficient (Wildman–Crippen LogP) is 8.56. The average molecular weight is 629 g/mol. The molecule has 0 unspecified atom stereocenters. The van der Waals surface area contributed by atoms with E-state index in [0.29, 0.717) is 71.8 Å². The van der Waals surface area contributed by atoms with Crippen molar-refractivity contribution in [1.82, 2.24) is 0 Å². The van der Waals surface area contributed by atoms with Crippen molar-refractivity contribution in [2.24, 2.45) is 69.0 Å². The summed E-state index contributed by atoms with van der Waals surface area (Å²) in [5.41, 5.74) is 3.22. The van der Waals surface area contributed by atoms with Crippen LogP contribution in [0.3, 0.4) is 0 Å². The van der Waals surface area contributed by atoms with E-state index in [-0.39, 0.29) is 33.9 Å². The lowest BCUT2D eigenvalue weighted by atomic mass is 9.44. The van der Waals surface area contributed by atoms with E-state index in [0.717, 1.165) is 77.0 Å². The van der Waals surface area contributed by atoms with Crippen molar-refractivity contribution in [3.63, 3.8) is 0 Å². The van der Waals surface area contributed by atoms with Crippen LogP contribution in [0.2, 0.25) is 0 Å². The number of allylic oxidation sites excluding steroid dienone is 4. The Balaban J connectivity index is 1.06. The SMILES string of the molecule is C[C@]12CC[C@H]3[C@@H]([C@H](C/C=C/C[C@@H]4CC5=CC(=O)CC[C@]5(C)[C@H]5CC[C@]6(C)[C@@H](O)CC[C@H]6[C@H]45)CC4=CC(=O)CC[C@@]43C)[C@@H]1CC[C@@H]2O. The van der Waals surface area contributed by atoms with E-state index < -0.39 is 0 Å². The summed E-state index contributed by atoms with van der Waals surface area (Å²) in [5, 5.41) is 22.3. The summed E-state index contributed by atoms with van der Waals surface area (Å²) in [6.45, 7) is 9.70. The molecule has 8 aliphatic carbocycles. The normalized spacial score (nSPS) is 53.0. The number of fused-ring (bicyclic) bond motifs is 10. The minimum Gasteiger partial charge on any atom is -0.393 e. The van der Waals surface area contributed by atoms with Gasteiger partial charge < -0.3 is 10.2 Å². The second-order valence-electron chi connectivity index (χ2n) is 18.8. The summed E-state index contributed by atoms with van der Waals surface area (Å²) in [6, 6.07) is 0. The van der Waals surface area contributed by atoms with E-state index in [2.05, 4.69) is 39.8 Å². The molecule has 4 nitrogen and oxygen atoms in total. The molecule has 0 saturated heterocycles. The van der Waals surface area contributed by atoms with Crippen LogP contribution in [-0.2, 0) is 9.59 Å². The highest BCUT2D eigenvalue weighted by atomic mass is 16.3. The third-order valence-corrected chi connectivity index (χ3v) is 17.2. The number of ketones is 2. The Labute approximate surface area is 277 Å². The van der Waals surface area contributed by atoms with Crippen LogP contribution < -0.4 is 0 Å². The first-order chi connectivity index (χ1) is 21.9. The minimum absolute atomic E-state index is 0.0413. The summed E-state index contributed by atoms with van der Waals surface area (Å²) >= 11 is 0. The van der Waals surface area contributed by atoms with Crippen LogP contribution in [-0.4, -0.2) is 34.0 Å². The summed E-state index contributed by atoms with van der Waals surface area (Å²) < 4.78 is 0. The van der Waals surface area contributed by atoms with Crippen molar-refractivity contribution in [3.8, 4) is 0 Å². The Morgan fingerprint density at radius 2 is 1.02 bits per heavy atom. The molecule has 8 aliphatic rings. The van der Waals surface area contributed by atoms with Crippen LogP contribution >= 0.6 is 0 Å². The van der Waals surface area contributed by atoms with Gasteiger partial charge in [-0.1, -0.05) is 51.0 Å². The third kappa shape index (κ3) is 4.50. The fraction of sp³-hybridized carbons (Fsp3) is 0.810.